The van der Waals surface area contributed by atoms with Crippen LogP contribution in [-0.2, 0) is 109 Å². The van der Waals surface area contributed by atoms with Crippen molar-refractivity contribution in [1.82, 2.24) is 109 Å². The highest BCUT2D eigenvalue weighted by Crippen LogP contribution is 2.40. The molecule has 15 amide bonds. The quantitative estimate of drug-likeness (QED) is 0.0107. The minimum absolute atomic E-state index is 0.0183. The molecule has 6 heterocycles. The van der Waals surface area contributed by atoms with E-state index in [1.807, 2.05) is 30.3 Å². The lowest BCUT2D eigenvalue weighted by molar-refractivity contribution is -0.145. The van der Waals surface area contributed by atoms with Gasteiger partial charge in [-0.1, -0.05) is 97.2 Å². The first-order valence-corrected chi connectivity index (χ1v) is 49.6. The van der Waals surface area contributed by atoms with E-state index in [0.717, 1.165) is 28.6 Å². The van der Waals surface area contributed by atoms with E-state index in [9.17, 15) is 57.8 Å². The van der Waals surface area contributed by atoms with Gasteiger partial charge in [0.1, 0.15) is 89.8 Å². The van der Waals surface area contributed by atoms with Gasteiger partial charge in [0.2, 0.25) is 88.6 Å². The Morgan fingerprint density at radius 1 is 0.549 bits per heavy atom. The Balaban J connectivity index is 0.801. The molecule has 3 aromatic carbocycles. The Labute approximate surface area is 833 Å². The summed E-state index contributed by atoms with van der Waals surface area (Å²) in [5.41, 5.74) is 16.3. The van der Waals surface area contributed by atoms with Crippen molar-refractivity contribution in [2.45, 2.75) is 274 Å². The van der Waals surface area contributed by atoms with Gasteiger partial charge in [0.25, 0.3) is 0 Å². The van der Waals surface area contributed by atoms with Gasteiger partial charge in [0, 0.05) is 93.4 Å². The number of carbonyl (C=O) groups excluding carboxylic acids is 15. The number of carboxylic acids is 1. The Hall–Kier alpha value is -13.6. The second kappa shape index (κ2) is 53.3. The first-order valence-electron chi connectivity index (χ1n) is 48.8. The molecule has 2 aromatic heterocycles. The summed E-state index contributed by atoms with van der Waals surface area (Å²) in [6.45, 7) is 10.2. The number of amides is 15. The SMILES string of the molecule is CC(C)C[C@H](NC(=O)[C@H](CCCNC(=N)N)NC(=O)[C@@H]1CCCN1C(=O)[C@@H](CCCNC(=N)N)NC(=O)[C@H](CCC(N)=O)NC(=O)C(C)(C)C(=O)NCCc1cnc[nH]1)C(=O)NC(C)(C)C(=O)N[C@@H](Cc1c[nH]cn1)C(=O)N[C@@H](CC1CCNCC1)C(=O)NCC(=O)N1[C@H](C(=O)N[C@@H](Cc2ccc(Br)cc2)C(=O)N2CCC[C@H]2C(=O)N[C@H](Cc2ccc(OCc3ccccc3)cc2)C(=O)O)C[C@@H]2CCCC[C@@H]21. The normalized spacial score (nSPS) is 18.6. The number of ether oxygens (including phenoxy) is 1. The molecule has 4 aliphatic heterocycles. The number of likely N-dealkylation sites (tertiary alicyclic amines) is 3. The highest BCUT2D eigenvalue weighted by molar-refractivity contribution is 9.10. The van der Waals surface area contributed by atoms with Gasteiger partial charge in [-0.25, -0.2) is 14.8 Å². The fraction of sp³-hybridized carbons (Fsp3) is 0.567. The number of H-pyrrole nitrogens is 2. The average Bonchev–Trinajstić information content (AvgIpc) is 1.63. The molecule has 1 saturated carbocycles. The number of rotatable bonds is 52. The van der Waals surface area contributed by atoms with Crippen molar-refractivity contribution in [1.29, 1.82) is 10.8 Å². The van der Waals surface area contributed by atoms with E-state index in [-0.39, 0.29) is 152 Å². The van der Waals surface area contributed by atoms with Crippen LogP contribution in [0.15, 0.2) is 108 Å². The first kappa shape index (κ1) is 110. The molecular formula is C97H139BrN26O18. The van der Waals surface area contributed by atoms with E-state index >= 15 is 24.0 Å². The molecule has 1 aliphatic carbocycles. The Morgan fingerprint density at radius 3 is 1.71 bits per heavy atom. The van der Waals surface area contributed by atoms with E-state index in [2.05, 4.69) is 110 Å². The van der Waals surface area contributed by atoms with Crippen LogP contribution in [0.5, 0.6) is 5.75 Å². The minimum atomic E-state index is -1.90. The summed E-state index contributed by atoms with van der Waals surface area (Å²) < 4.78 is 6.68. The molecule has 0 radical (unpaired) electrons. The number of aliphatic carboxylic acids is 1. The van der Waals surface area contributed by atoms with Gasteiger partial charge in [0.15, 0.2) is 11.9 Å². The Bertz CT molecular complexity index is 5180. The second-order valence-corrected chi connectivity index (χ2v) is 39.5. The molecule has 5 aliphatic rings. The van der Waals surface area contributed by atoms with Crippen molar-refractivity contribution < 1.29 is 86.6 Å². The highest BCUT2D eigenvalue weighted by atomic mass is 79.9. The number of halogens is 1. The van der Waals surface area contributed by atoms with Crippen LogP contribution < -0.4 is 96.4 Å². The maximum absolute atomic E-state index is 15.3. The summed E-state index contributed by atoms with van der Waals surface area (Å²) in [4.78, 5) is 250. The van der Waals surface area contributed by atoms with Crippen LogP contribution in [0.25, 0.3) is 0 Å². The largest absolute Gasteiger partial charge is 0.489 e. The highest BCUT2D eigenvalue weighted by Gasteiger charge is 2.50. The molecule has 10 rings (SSSR count). The third-order valence-electron chi connectivity index (χ3n) is 26.4. The zero-order chi connectivity index (χ0) is 103. The summed E-state index contributed by atoms with van der Waals surface area (Å²) >= 11 is 3.48. The lowest BCUT2D eigenvalue weighted by Crippen LogP contribution is -2.63. The van der Waals surface area contributed by atoms with Crippen molar-refractivity contribution in [3.05, 3.63) is 136 Å². The van der Waals surface area contributed by atoms with Crippen LogP contribution in [0.4, 0.5) is 0 Å². The number of aromatic amines is 2. The van der Waals surface area contributed by atoms with Crippen LogP contribution in [0.2, 0.25) is 0 Å². The number of nitrogens with one attached hydrogen (secondary N) is 18. The van der Waals surface area contributed by atoms with Gasteiger partial charge in [0.05, 0.1) is 24.9 Å². The number of nitrogens with two attached hydrogens (primary N) is 3. The van der Waals surface area contributed by atoms with E-state index in [1.165, 1.54) is 61.2 Å². The van der Waals surface area contributed by atoms with Crippen LogP contribution in [0, 0.1) is 34.0 Å². The Morgan fingerprint density at radius 2 is 1.11 bits per heavy atom. The number of piperidine rings is 1. The molecule has 4 saturated heterocycles. The number of fused-ring (bicyclic) bond motifs is 1. The lowest BCUT2D eigenvalue weighted by Gasteiger charge is -2.35. The third-order valence-corrected chi connectivity index (χ3v) is 27.0. The summed E-state index contributed by atoms with van der Waals surface area (Å²) in [5.74, 6) is -13.8. The maximum atomic E-state index is 15.3. The second-order valence-electron chi connectivity index (χ2n) is 38.6. The number of carbonyl (C=O) groups is 16. The van der Waals surface area contributed by atoms with Gasteiger partial charge in [-0.05, 0) is 202 Å². The molecule has 5 aromatic rings. The molecule has 0 bridgehead atoms. The molecule has 44 nitrogen and oxygen atoms in total. The number of benzene rings is 3. The zero-order valence-electron chi connectivity index (χ0n) is 81.3. The van der Waals surface area contributed by atoms with Crippen molar-refractivity contribution in [2.24, 2.45) is 40.4 Å². The minimum Gasteiger partial charge on any atom is -0.489 e. The standard InChI is InChI=1S/C97H139BrN26O18/c1-56(2)44-69(115-81(128)66(19-12-37-108-94(100)101)113-85(132)75-22-14-42-122(75)88(135)68(20-13-38-109-95(102)103)114-82(129)67(32-33-78(99)125)119-92(140)96(3,4)91(139)107-41-36-63-50-105-54-111-63)84(131)121-97(5,6)93(141)120-71(49-64-51-106-55-112-64)83(130)116-70(45-59-34-39-104-40-35-59)80(127)110-52-79(126)124-74-21-11-10-18-61(74)48-77(124)87(134)117-72(46-57-24-28-62(98)29-25-57)89(136)123-43-15-23-76(123)86(133)118-73(90(137)138)47-58-26-30-65(31-27-58)142-53-60-16-8-7-9-17-60/h7-9,16-17,24-31,50-51,54-56,59,61,66-77,104H,10-15,18-23,32-49,52-53H2,1-6H3,(H2,99,125)(H,105,111)(H,106,112)(H,107,139)(H,110,127)(H,113,132)(H,114,129)(H,115,128)(H,116,130)(H,117,134)(H,118,133)(H,119,140)(H,120,141)(H,121,131)(H,137,138)(H4,100,101,108)(H4,102,103,109)/t61-,66-,67-,68+,69-,70-,71-,72-,73+,74-,75-,76-,77-/m0/s1. The predicted molar refractivity (Wildman–Crippen MR) is 525 cm³/mol. The number of primary amides is 1. The molecule has 25 N–H and O–H groups in total. The molecule has 0 unspecified atom stereocenters. The van der Waals surface area contributed by atoms with Crippen LogP contribution >= 0.6 is 15.9 Å². The molecule has 142 heavy (non-hydrogen) atoms. The summed E-state index contributed by atoms with van der Waals surface area (Å²) in [6.07, 6.45) is 10.3. The van der Waals surface area contributed by atoms with Crippen LogP contribution in [0.3, 0.4) is 0 Å². The van der Waals surface area contributed by atoms with E-state index < -0.39 is 191 Å². The maximum Gasteiger partial charge on any atom is 0.326 e. The smallest absolute Gasteiger partial charge is 0.326 e. The number of hydrogen-bond acceptors (Lipinski definition) is 22. The molecule has 13 atom stereocenters. The average molecular weight is 2040 g/mol. The summed E-state index contributed by atoms with van der Waals surface area (Å²) in [7, 11) is 0. The number of hydrogen-bond donors (Lipinski definition) is 22. The number of imidazole rings is 2. The van der Waals surface area contributed by atoms with Crippen LogP contribution in [0.1, 0.15) is 192 Å². The van der Waals surface area contributed by atoms with Crippen molar-refractivity contribution in [2.75, 3.05) is 52.4 Å². The molecular weight excluding hydrogens is 1900 g/mol. The van der Waals surface area contributed by atoms with Gasteiger partial charge in [-0.15, -0.1) is 0 Å². The Kier molecular flexibility index (Phi) is 41.4. The van der Waals surface area contributed by atoms with Gasteiger partial charge < -0.3 is 126 Å². The van der Waals surface area contributed by atoms with Crippen LogP contribution in [-0.4, -0.2) is 277 Å². The fourth-order valence-electron chi connectivity index (χ4n) is 18.5. The van der Waals surface area contributed by atoms with E-state index in [0.29, 0.717) is 80.8 Å². The number of carboxylic acid groups (broad SMARTS) is 1. The first-order chi connectivity index (χ1) is 67.7. The monoisotopic (exact) mass is 2030 g/mol. The third kappa shape index (κ3) is 33.0. The summed E-state index contributed by atoms with van der Waals surface area (Å²) in [6, 6.07) is 8.39. The number of nitrogens with zero attached hydrogens (tertiary/aromatic N) is 5. The zero-order valence-corrected chi connectivity index (χ0v) is 82.9. The lowest BCUT2D eigenvalue weighted by atomic mass is 9.84. The number of aromatic nitrogens is 4. The fourth-order valence-corrected chi connectivity index (χ4v) is 18.8. The van der Waals surface area contributed by atoms with Crippen molar-refractivity contribution >= 4 is 122 Å². The van der Waals surface area contributed by atoms with Crippen molar-refractivity contribution in [3.63, 3.8) is 0 Å². The van der Waals surface area contributed by atoms with Crippen molar-refractivity contribution in [3.8, 4) is 5.75 Å². The summed E-state index contributed by atoms with van der Waals surface area (Å²) in [5, 5.41) is 64.9. The molecule has 45 heteroatoms. The van der Waals surface area contributed by atoms with Gasteiger partial charge in [-0.3, -0.25) is 82.7 Å². The topological polar surface area (TPSA) is 664 Å². The predicted octanol–water partition coefficient (Wildman–Crippen LogP) is 0.231. The molecule has 772 valence electrons. The molecule has 5 fully saturated rings. The van der Waals surface area contributed by atoms with Gasteiger partial charge >= 0.3 is 5.97 Å². The van der Waals surface area contributed by atoms with E-state index in [4.69, 9.17) is 32.8 Å². The van der Waals surface area contributed by atoms with Gasteiger partial charge in [-0.2, -0.15) is 0 Å². The number of guanidine groups is 2. The van der Waals surface area contributed by atoms with E-state index in [1.54, 1.807) is 68.6 Å². The molecule has 0 spiro atoms.